The molecular formula is C4H10N4. The van der Waals surface area contributed by atoms with E-state index in [1.165, 1.54) is 0 Å². The number of rotatable bonds is 4. The quantitative estimate of drug-likeness (QED) is 0.337. The molecule has 0 aromatic carbocycles. The van der Waals surface area contributed by atoms with Crippen molar-refractivity contribution in [2.24, 2.45) is 5.10 Å². The Morgan fingerprint density at radius 1 is 1.62 bits per heavy atom. The minimum Gasteiger partial charge on any atom is -0.307 e. The highest BCUT2D eigenvalue weighted by atomic mass is 15.4. The Hall–Kier alpha value is -1.03. The van der Waals surface area contributed by atoms with Crippen LogP contribution in [0.5, 0.6) is 0 Å². The third kappa shape index (κ3) is 3.17. The van der Waals surface area contributed by atoms with Gasteiger partial charge in [0, 0.05) is 13.8 Å². The number of nitrogens with one attached hydrogen (secondary N) is 3. The van der Waals surface area contributed by atoms with Crippen LogP contribution in [0.2, 0.25) is 0 Å². The van der Waals surface area contributed by atoms with Crippen LogP contribution in [0.15, 0.2) is 17.5 Å². The highest BCUT2D eigenvalue weighted by Crippen LogP contribution is 1.67. The number of hydrogen-bond donors (Lipinski definition) is 3. The van der Waals surface area contributed by atoms with Gasteiger partial charge in [-0.05, 0) is 0 Å². The fourth-order valence-corrected chi connectivity index (χ4v) is 0.274. The first kappa shape index (κ1) is 6.97. The summed E-state index contributed by atoms with van der Waals surface area (Å²) in [6.45, 7) is 6.71. The second-order valence-electron chi connectivity index (χ2n) is 1.12. The van der Waals surface area contributed by atoms with E-state index in [4.69, 9.17) is 0 Å². The van der Waals surface area contributed by atoms with Crippen molar-refractivity contribution >= 4 is 6.72 Å². The van der Waals surface area contributed by atoms with Crippen LogP contribution >= 0.6 is 0 Å². The molecule has 0 spiro atoms. The van der Waals surface area contributed by atoms with Crippen molar-refractivity contribution < 1.29 is 0 Å². The Balaban J connectivity index is 3.18. The van der Waals surface area contributed by atoms with Gasteiger partial charge in [-0.25, -0.2) is 5.43 Å². The van der Waals surface area contributed by atoms with Gasteiger partial charge in [0.25, 0.3) is 0 Å². The molecule has 4 nitrogen and oxygen atoms in total. The van der Waals surface area contributed by atoms with Gasteiger partial charge in [0.2, 0.25) is 0 Å². The van der Waals surface area contributed by atoms with Gasteiger partial charge in [0.1, 0.15) is 5.82 Å². The predicted octanol–water partition coefficient (Wildman–Crippen LogP) is -0.613. The molecule has 0 rings (SSSR count). The van der Waals surface area contributed by atoms with E-state index < -0.39 is 0 Å². The lowest BCUT2D eigenvalue weighted by Crippen LogP contribution is -2.31. The smallest absolute Gasteiger partial charge is 0.126 e. The molecule has 0 saturated heterocycles. The standard InChI is InChI=1S/C4H10N4/c1-4(7-5-2)8-6-3/h6-8H,1-2H2,3H3. The maximum Gasteiger partial charge on any atom is 0.126 e. The fraction of sp³-hybridized carbons (Fsp3) is 0.250. The number of nitrogens with zero attached hydrogens (tertiary/aromatic N) is 1. The number of hydrogen-bond acceptors (Lipinski definition) is 4. The average molecular weight is 114 g/mol. The Morgan fingerprint density at radius 3 is 2.62 bits per heavy atom. The molecule has 0 aromatic rings. The lowest BCUT2D eigenvalue weighted by Gasteiger charge is -2.03. The average Bonchev–Trinajstić information content (AvgIpc) is 1.68. The van der Waals surface area contributed by atoms with Gasteiger partial charge in [-0.2, -0.15) is 5.10 Å². The summed E-state index contributed by atoms with van der Waals surface area (Å²) in [7, 11) is 1.73. The summed E-state index contributed by atoms with van der Waals surface area (Å²) in [4.78, 5) is 0. The SMILES string of the molecule is C=NNC(=C)NNC. The van der Waals surface area contributed by atoms with E-state index in [0.717, 1.165) is 0 Å². The van der Waals surface area contributed by atoms with Gasteiger partial charge in [0.15, 0.2) is 0 Å². The summed E-state index contributed by atoms with van der Waals surface area (Å²) >= 11 is 0. The third-order valence-electron chi connectivity index (χ3n) is 0.490. The van der Waals surface area contributed by atoms with E-state index in [9.17, 15) is 0 Å². The molecular weight excluding hydrogens is 104 g/mol. The molecule has 0 atom stereocenters. The maximum atomic E-state index is 3.52. The van der Waals surface area contributed by atoms with E-state index in [-0.39, 0.29) is 0 Å². The van der Waals surface area contributed by atoms with Gasteiger partial charge in [0.05, 0.1) is 0 Å². The Bertz CT molecular complexity index is 88.0. The zero-order valence-corrected chi connectivity index (χ0v) is 4.86. The van der Waals surface area contributed by atoms with Crippen LogP contribution in [0.3, 0.4) is 0 Å². The Morgan fingerprint density at radius 2 is 2.25 bits per heavy atom. The first-order chi connectivity index (χ1) is 3.81. The van der Waals surface area contributed by atoms with Crippen molar-refractivity contribution in [3.63, 3.8) is 0 Å². The highest BCUT2D eigenvalue weighted by Gasteiger charge is 1.79. The van der Waals surface area contributed by atoms with Crippen molar-refractivity contribution in [1.82, 2.24) is 16.3 Å². The zero-order valence-electron chi connectivity index (χ0n) is 4.86. The molecule has 0 aliphatic rings. The molecule has 0 aromatic heterocycles. The molecule has 3 N–H and O–H groups in total. The van der Waals surface area contributed by atoms with E-state index in [0.29, 0.717) is 5.82 Å². The first-order valence-corrected chi connectivity index (χ1v) is 2.14. The lowest BCUT2D eigenvalue weighted by molar-refractivity contribution is 0.633. The van der Waals surface area contributed by atoms with Gasteiger partial charge in [-0.3, -0.25) is 5.43 Å². The summed E-state index contributed by atoms with van der Waals surface area (Å²) in [6.07, 6.45) is 0. The second kappa shape index (κ2) is 4.14. The van der Waals surface area contributed by atoms with Crippen LogP contribution in [0, 0.1) is 0 Å². The summed E-state index contributed by atoms with van der Waals surface area (Å²) in [5, 5.41) is 3.35. The molecule has 0 heterocycles. The lowest BCUT2D eigenvalue weighted by atomic mass is 10.9. The van der Waals surface area contributed by atoms with E-state index in [2.05, 4.69) is 34.7 Å². The van der Waals surface area contributed by atoms with Gasteiger partial charge in [-0.15, -0.1) is 0 Å². The third-order valence-corrected chi connectivity index (χ3v) is 0.490. The molecule has 0 unspecified atom stereocenters. The fourth-order valence-electron chi connectivity index (χ4n) is 0.274. The molecule has 0 fully saturated rings. The summed E-state index contributed by atoms with van der Waals surface area (Å²) in [5.41, 5.74) is 7.80. The molecule has 0 amide bonds. The van der Waals surface area contributed by atoms with Crippen LogP contribution in [0.1, 0.15) is 0 Å². The number of hydrazine groups is 1. The summed E-state index contributed by atoms with van der Waals surface area (Å²) in [6, 6.07) is 0. The maximum absolute atomic E-state index is 3.52. The molecule has 0 radical (unpaired) electrons. The molecule has 8 heavy (non-hydrogen) atoms. The number of hydrazone groups is 1. The van der Waals surface area contributed by atoms with Gasteiger partial charge < -0.3 is 5.43 Å². The van der Waals surface area contributed by atoms with Crippen LogP contribution in [-0.2, 0) is 0 Å². The Labute approximate surface area is 48.6 Å². The largest absolute Gasteiger partial charge is 0.307 e. The van der Waals surface area contributed by atoms with Crippen LogP contribution in [0.25, 0.3) is 0 Å². The van der Waals surface area contributed by atoms with E-state index >= 15 is 0 Å². The van der Waals surface area contributed by atoms with E-state index in [1.807, 2.05) is 0 Å². The molecule has 0 saturated carbocycles. The van der Waals surface area contributed by atoms with Crippen molar-refractivity contribution in [2.75, 3.05) is 7.05 Å². The highest BCUT2D eigenvalue weighted by molar-refractivity contribution is 5.22. The zero-order chi connectivity index (χ0) is 6.41. The van der Waals surface area contributed by atoms with Crippen LogP contribution in [-0.4, -0.2) is 13.8 Å². The Kier molecular flexibility index (Phi) is 3.60. The van der Waals surface area contributed by atoms with Crippen LogP contribution < -0.4 is 16.3 Å². The second-order valence-corrected chi connectivity index (χ2v) is 1.12. The molecule has 46 valence electrons. The van der Waals surface area contributed by atoms with Crippen molar-refractivity contribution in [1.29, 1.82) is 0 Å². The summed E-state index contributed by atoms with van der Waals surface area (Å²) in [5.74, 6) is 0.572. The minimum absolute atomic E-state index is 0.572. The van der Waals surface area contributed by atoms with Crippen molar-refractivity contribution in [3.05, 3.63) is 12.4 Å². The minimum atomic E-state index is 0.572. The van der Waals surface area contributed by atoms with E-state index in [1.54, 1.807) is 7.05 Å². The first-order valence-electron chi connectivity index (χ1n) is 2.14. The molecule has 4 heteroatoms. The molecule has 0 bridgehead atoms. The monoisotopic (exact) mass is 114 g/mol. The predicted molar refractivity (Wildman–Crippen MR) is 34.0 cm³/mol. The normalized spacial score (nSPS) is 7.62. The molecule has 0 aliphatic carbocycles. The van der Waals surface area contributed by atoms with Crippen LogP contribution in [0.4, 0.5) is 0 Å². The van der Waals surface area contributed by atoms with Crippen molar-refractivity contribution in [2.45, 2.75) is 0 Å². The van der Waals surface area contributed by atoms with Gasteiger partial charge in [-0.1, -0.05) is 6.58 Å². The molecule has 0 aliphatic heterocycles. The summed E-state index contributed by atoms with van der Waals surface area (Å²) < 4.78 is 0. The van der Waals surface area contributed by atoms with Crippen molar-refractivity contribution in [3.8, 4) is 0 Å². The topological polar surface area (TPSA) is 48.5 Å². The van der Waals surface area contributed by atoms with Gasteiger partial charge >= 0.3 is 0 Å².